The maximum atomic E-state index is 4.57. The van der Waals surface area contributed by atoms with E-state index >= 15 is 0 Å². The van der Waals surface area contributed by atoms with Gasteiger partial charge in [0, 0.05) is 23.7 Å². The second-order valence-electron chi connectivity index (χ2n) is 5.62. The highest BCUT2D eigenvalue weighted by atomic mass is 32.1. The lowest BCUT2D eigenvalue weighted by Gasteiger charge is -2.22. The van der Waals surface area contributed by atoms with E-state index in [-0.39, 0.29) is 0 Å². The molecule has 2 N–H and O–H groups in total. The molecule has 2 atom stereocenters. The van der Waals surface area contributed by atoms with Crippen LogP contribution in [0.1, 0.15) is 53.4 Å². The Bertz CT molecular complexity index is 593. The van der Waals surface area contributed by atoms with Crippen LogP contribution in [0, 0.1) is 0 Å². The van der Waals surface area contributed by atoms with Gasteiger partial charge in [-0.2, -0.15) is 0 Å². The molecule has 21 heavy (non-hydrogen) atoms. The molecule has 1 aliphatic heterocycles. The van der Waals surface area contributed by atoms with E-state index < -0.39 is 0 Å². The number of rotatable bonds is 4. The summed E-state index contributed by atoms with van der Waals surface area (Å²) in [5, 5.41) is 8.48. The first kappa shape index (κ1) is 14.7. The van der Waals surface area contributed by atoms with Crippen LogP contribution < -0.4 is 10.6 Å². The van der Waals surface area contributed by atoms with Crippen LogP contribution in [-0.2, 0) is 13.0 Å². The third-order valence-electron chi connectivity index (χ3n) is 4.10. The molecule has 3 nitrogen and oxygen atoms in total. The molecular formula is C17H23N3S. The van der Waals surface area contributed by atoms with E-state index in [9.17, 15) is 0 Å². The van der Waals surface area contributed by atoms with Gasteiger partial charge in [-0.25, -0.2) is 4.98 Å². The number of fused-ring (bicyclic) bond motifs is 1. The highest BCUT2D eigenvalue weighted by Gasteiger charge is 2.21. The fraction of sp³-hybridized carbons (Fsp3) is 0.471. The van der Waals surface area contributed by atoms with Crippen LogP contribution in [0.2, 0.25) is 0 Å². The molecule has 3 rings (SSSR count). The molecule has 0 radical (unpaired) electrons. The molecular weight excluding hydrogens is 278 g/mol. The molecule has 2 heterocycles. The van der Waals surface area contributed by atoms with Crippen LogP contribution in [0.4, 0.5) is 0 Å². The average Bonchev–Trinajstić information content (AvgIpc) is 2.91. The number of thiazole rings is 1. The zero-order chi connectivity index (χ0) is 14.7. The van der Waals surface area contributed by atoms with Gasteiger partial charge in [-0.05, 0) is 37.4 Å². The zero-order valence-electron chi connectivity index (χ0n) is 12.7. The normalized spacial score (nSPS) is 19.8. The van der Waals surface area contributed by atoms with Crippen molar-refractivity contribution in [1.82, 2.24) is 15.6 Å². The van der Waals surface area contributed by atoms with Crippen molar-refractivity contribution in [2.45, 2.75) is 45.3 Å². The molecule has 0 aliphatic carbocycles. The van der Waals surface area contributed by atoms with E-state index in [2.05, 4.69) is 53.7 Å². The second kappa shape index (κ2) is 6.69. The number of nitrogens with one attached hydrogen (secondary N) is 2. The van der Waals surface area contributed by atoms with Crippen LogP contribution in [0.25, 0.3) is 0 Å². The molecule has 2 unspecified atom stereocenters. The molecule has 0 spiro atoms. The Kier molecular flexibility index (Phi) is 4.68. The number of nitrogens with zero attached hydrogens (tertiary/aromatic N) is 1. The van der Waals surface area contributed by atoms with E-state index in [0.29, 0.717) is 12.1 Å². The van der Waals surface area contributed by atoms with Crippen LogP contribution in [-0.4, -0.2) is 11.5 Å². The summed E-state index contributed by atoms with van der Waals surface area (Å²) in [5.41, 5.74) is 2.84. The van der Waals surface area contributed by atoms with E-state index in [1.165, 1.54) is 21.0 Å². The highest BCUT2D eigenvalue weighted by Crippen LogP contribution is 2.28. The summed E-state index contributed by atoms with van der Waals surface area (Å²) in [4.78, 5) is 5.93. The van der Waals surface area contributed by atoms with Crippen molar-refractivity contribution >= 4 is 11.3 Å². The number of aryl methyl sites for hydroxylation is 1. The number of benzene rings is 1. The molecule has 0 amide bonds. The van der Waals surface area contributed by atoms with E-state index in [1.807, 2.05) is 17.5 Å². The SMILES string of the molecule is CCc1cnc(C(C)NC2CCNCc3ccccc32)s1. The third kappa shape index (κ3) is 3.34. The van der Waals surface area contributed by atoms with Crippen molar-refractivity contribution in [3.63, 3.8) is 0 Å². The van der Waals surface area contributed by atoms with Gasteiger partial charge in [-0.15, -0.1) is 11.3 Å². The Morgan fingerprint density at radius 3 is 3.10 bits per heavy atom. The standard InChI is InChI=1S/C17H23N3S/c1-3-14-11-19-17(21-14)12(2)20-16-8-9-18-10-13-6-4-5-7-15(13)16/h4-7,11-12,16,18,20H,3,8-10H2,1-2H3. The predicted molar refractivity (Wildman–Crippen MR) is 88.5 cm³/mol. The summed E-state index contributed by atoms with van der Waals surface area (Å²) in [7, 11) is 0. The summed E-state index contributed by atoms with van der Waals surface area (Å²) < 4.78 is 0. The minimum absolute atomic E-state index is 0.298. The van der Waals surface area contributed by atoms with Crippen LogP contribution in [0.3, 0.4) is 0 Å². The number of hydrogen-bond donors (Lipinski definition) is 2. The maximum Gasteiger partial charge on any atom is 0.109 e. The van der Waals surface area contributed by atoms with E-state index in [0.717, 1.165) is 25.9 Å². The Labute approximate surface area is 130 Å². The molecule has 1 aliphatic rings. The number of hydrogen-bond acceptors (Lipinski definition) is 4. The maximum absolute atomic E-state index is 4.57. The van der Waals surface area contributed by atoms with Crippen molar-refractivity contribution in [2.75, 3.05) is 6.54 Å². The monoisotopic (exact) mass is 301 g/mol. The molecule has 2 aromatic rings. The van der Waals surface area contributed by atoms with Crippen LogP contribution in [0.15, 0.2) is 30.5 Å². The van der Waals surface area contributed by atoms with Gasteiger partial charge < -0.3 is 10.6 Å². The van der Waals surface area contributed by atoms with Crippen molar-refractivity contribution in [3.8, 4) is 0 Å². The molecule has 1 aromatic heterocycles. The topological polar surface area (TPSA) is 37.0 Å². The Morgan fingerprint density at radius 2 is 2.29 bits per heavy atom. The van der Waals surface area contributed by atoms with Gasteiger partial charge in [0.1, 0.15) is 5.01 Å². The first-order valence-corrected chi connectivity index (χ1v) is 8.58. The molecule has 4 heteroatoms. The summed E-state index contributed by atoms with van der Waals surface area (Å²) in [6.07, 6.45) is 4.20. The third-order valence-corrected chi connectivity index (χ3v) is 5.42. The van der Waals surface area contributed by atoms with Crippen LogP contribution in [0.5, 0.6) is 0 Å². The van der Waals surface area contributed by atoms with Gasteiger partial charge >= 0.3 is 0 Å². The minimum atomic E-state index is 0.298. The van der Waals surface area contributed by atoms with Gasteiger partial charge in [0.15, 0.2) is 0 Å². The zero-order valence-corrected chi connectivity index (χ0v) is 13.5. The fourth-order valence-electron chi connectivity index (χ4n) is 2.89. The van der Waals surface area contributed by atoms with E-state index in [4.69, 9.17) is 0 Å². The van der Waals surface area contributed by atoms with Gasteiger partial charge in [-0.1, -0.05) is 31.2 Å². The molecule has 0 saturated heterocycles. The lowest BCUT2D eigenvalue weighted by Crippen LogP contribution is -2.26. The van der Waals surface area contributed by atoms with Gasteiger partial charge in [0.25, 0.3) is 0 Å². The minimum Gasteiger partial charge on any atom is -0.313 e. The lowest BCUT2D eigenvalue weighted by atomic mass is 9.99. The van der Waals surface area contributed by atoms with E-state index in [1.54, 1.807) is 0 Å². The Balaban J connectivity index is 1.77. The first-order chi connectivity index (χ1) is 10.3. The summed E-state index contributed by atoms with van der Waals surface area (Å²) >= 11 is 1.83. The van der Waals surface area contributed by atoms with Crippen molar-refractivity contribution in [2.24, 2.45) is 0 Å². The Morgan fingerprint density at radius 1 is 1.43 bits per heavy atom. The van der Waals surface area contributed by atoms with Crippen molar-refractivity contribution < 1.29 is 0 Å². The summed E-state index contributed by atoms with van der Waals surface area (Å²) in [6.45, 7) is 6.43. The largest absolute Gasteiger partial charge is 0.313 e. The molecule has 0 bridgehead atoms. The lowest BCUT2D eigenvalue weighted by molar-refractivity contribution is 0.442. The smallest absolute Gasteiger partial charge is 0.109 e. The molecule has 0 fully saturated rings. The van der Waals surface area contributed by atoms with Gasteiger partial charge in [0.05, 0.1) is 6.04 Å². The average molecular weight is 301 g/mol. The molecule has 112 valence electrons. The highest BCUT2D eigenvalue weighted by molar-refractivity contribution is 7.11. The second-order valence-corrected chi connectivity index (χ2v) is 6.77. The first-order valence-electron chi connectivity index (χ1n) is 7.77. The number of aromatic nitrogens is 1. The molecule has 0 saturated carbocycles. The Hall–Kier alpha value is -1.23. The fourth-order valence-corrected chi connectivity index (χ4v) is 3.76. The van der Waals surface area contributed by atoms with Crippen LogP contribution >= 0.6 is 11.3 Å². The molecule has 1 aromatic carbocycles. The van der Waals surface area contributed by atoms with Gasteiger partial charge in [-0.3, -0.25) is 0 Å². The summed E-state index contributed by atoms with van der Waals surface area (Å²) in [6, 6.07) is 9.45. The predicted octanol–water partition coefficient (Wildman–Crippen LogP) is 3.59. The summed E-state index contributed by atoms with van der Waals surface area (Å²) in [5.74, 6) is 0. The van der Waals surface area contributed by atoms with Gasteiger partial charge in [0.2, 0.25) is 0 Å². The van der Waals surface area contributed by atoms with Crippen molar-refractivity contribution in [1.29, 1.82) is 0 Å². The quantitative estimate of drug-likeness (QED) is 0.906. The van der Waals surface area contributed by atoms with Crippen molar-refractivity contribution in [3.05, 3.63) is 51.5 Å².